The molecule has 0 spiro atoms. The third-order valence-electron chi connectivity index (χ3n) is 3.33. The average Bonchev–Trinajstić information content (AvgIpc) is 2.70. The molecule has 0 aliphatic heterocycles. The van der Waals surface area contributed by atoms with Gasteiger partial charge < -0.3 is 15.6 Å². The number of nitrogens with two attached hydrogens (primary N) is 1. The molecule has 1 aromatic rings. The number of amides is 1. The second kappa shape index (κ2) is 6.76. The van der Waals surface area contributed by atoms with E-state index in [1.54, 1.807) is 0 Å². The summed E-state index contributed by atoms with van der Waals surface area (Å²) in [6.45, 7) is 10.8. The van der Waals surface area contributed by atoms with Crippen LogP contribution < -0.4 is 11.1 Å². The molecular weight excluding hydrogens is 318 g/mol. The molecular formula is C15H26BrN3O. The maximum absolute atomic E-state index is 12.5. The topological polar surface area (TPSA) is 60.0 Å². The zero-order valence-electron chi connectivity index (χ0n) is 13.0. The molecule has 0 aliphatic carbocycles. The van der Waals surface area contributed by atoms with Crippen molar-refractivity contribution < 1.29 is 4.79 Å². The van der Waals surface area contributed by atoms with Gasteiger partial charge in [-0.05, 0) is 55.1 Å². The number of hydrogen-bond donors (Lipinski definition) is 2. The van der Waals surface area contributed by atoms with Crippen LogP contribution in [-0.4, -0.2) is 22.6 Å². The van der Waals surface area contributed by atoms with Crippen LogP contribution in [0.5, 0.6) is 0 Å². The highest BCUT2D eigenvalue weighted by molar-refractivity contribution is 9.10. The molecule has 4 nitrogen and oxygen atoms in total. The standard InChI is InChI=1S/C15H26BrN3O/c1-10(2)7-15(5,9-17)18-14(20)13-6-12(16)8-19(13)11(3)4/h6,8,10-11H,7,9,17H2,1-5H3,(H,18,20)/t15-/m0/s1. The van der Waals surface area contributed by atoms with E-state index in [-0.39, 0.29) is 17.5 Å². The molecule has 5 heteroatoms. The maximum Gasteiger partial charge on any atom is 0.268 e. The first-order chi connectivity index (χ1) is 9.18. The van der Waals surface area contributed by atoms with Crippen LogP contribution >= 0.6 is 15.9 Å². The fraction of sp³-hybridized carbons (Fsp3) is 0.667. The van der Waals surface area contributed by atoms with E-state index in [4.69, 9.17) is 5.73 Å². The predicted octanol–water partition coefficient (Wildman–Crippen LogP) is 3.32. The van der Waals surface area contributed by atoms with Gasteiger partial charge in [0.15, 0.2) is 0 Å². The second-order valence-electron chi connectivity index (χ2n) is 6.36. The molecule has 0 fully saturated rings. The zero-order chi connectivity index (χ0) is 15.5. The summed E-state index contributed by atoms with van der Waals surface area (Å²) in [5.41, 5.74) is 6.15. The van der Waals surface area contributed by atoms with E-state index < -0.39 is 0 Å². The Morgan fingerprint density at radius 1 is 1.45 bits per heavy atom. The van der Waals surface area contributed by atoms with Gasteiger partial charge >= 0.3 is 0 Å². The van der Waals surface area contributed by atoms with Crippen molar-refractivity contribution >= 4 is 21.8 Å². The van der Waals surface area contributed by atoms with Crippen molar-refractivity contribution in [2.45, 2.75) is 52.6 Å². The van der Waals surface area contributed by atoms with Crippen LogP contribution in [0.15, 0.2) is 16.7 Å². The van der Waals surface area contributed by atoms with E-state index in [2.05, 4.69) is 48.9 Å². The first-order valence-corrected chi connectivity index (χ1v) is 7.88. The molecule has 0 radical (unpaired) electrons. The summed E-state index contributed by atoms with van der Waals surface area (Å²) in [6.07, 6.45) is 2.79. The van der Waals surface area contributed by atoms with Crippen LogP contribution in [0.4, 0.5) is 0 Å². The molecule has 1 heterocycles. The first kappa shape index (κ1) is 17.2. The molecule has 0 bridgehead atoms. The van der Waals surface area contributed by atoms with Gasteiger partial charge in [-0.1, -0.05) is 13.8 Å². The maximum atomic E-state index is 12.5. The average molecular weight is 344 g/mol. The monoisotopic (exact) mass is 343 g/mol. The summed E-state index contributed by atoms with van der Waals surface area (Å²) >= 11 is 3.43. The highest BCUT2D eigenvalue weighted by atomic mass is 79.9. The highest BCUT2D eigenvalue weighted by Crippen LogP contribution is 2.21. The Morgan fingerprint density at radius 2 is 2.05 bits per heavy atom. The normalized spacial score (nSPS) is 14.7. The number of nitrogens with zero attached hydrogens (tertiary/aromatic N) is 1. The number of aromatic nitrogens is 1. The van der Waals surface area contributed by atoms with Gasteiger partial charge in [0.05, 0.1) is 5.54 Å². The van der Waals surface area contributed by atoms with E-state index in [0.717, 1.165) is 10.9 Å². The molecule has 1 atom stereocenters. The van der Waals surface area contributed by atoms with Crippen molar-refractivity contribution in [2.75, 3.05) is 6.54 Å². The van der Waals surface area contributed by atoms with Gasteiger partial charge in [0.25, 0.3) is 5.91 Å². The largest absolute Gasteiger partial charge is 0.344 e. The van der Waals surface area contributed by atoms with E-state index >= 15 is 0 Å². The van der Waals surface area contributed by atoms with Crippen molar-refractivity contribution in [3.05, 3.63) is 22.4 Å². The van der Waals surface area contributed by atoms with Crippen molar-refractivity contribution in [2.24, 2.45) is 11.7 Å². The zero-order valence-corrected chi connectivity index (χ0v) is 14.6. The molecule has 0 aromatic carbocycles. The summed E-state index contributed by atoms with van der Waals surface area (Å²) in [4.78, 5) is 12.5. The molecule has 0 unspecified atom stereocenters. The summed E-state index contributed by atoms with van der Waals surface area (Å²) in [5.74, 6) is 0.408. The van der Waals surface area contributed by atoms with Gasteiger partial charge in [-0.3, -0.25) is 4.79 Å². The van der Waals surface area contributed by atoms with E-state index in [9.17, 15) is 4.79 Å². The van der Waals surface area contributed by atoms with Gasteiger partial charge in [-0.25, -0.2) is 0 Å². The third-order valence-corrected chi connectivity index (χ3v) is 3.76. The minimum absolute atomic E-state index is 0.0713. The Balaban J connectivity index is 2.95. The molecule has 114 valence electrons. The van der Waals surface area contributed by atoms with Crippen LogP contribution in [0.25, 0.3) is 0 Å². The molecule has 1 aromatic heterocycles. The Hall–Kier alpha value is -0.810. The first-order valence-electron chi connectivity index (χ1n) is 7.08. The lowest BCUT2D eigenvalue weighted by Crippen LogP contribution is -2.52. The second-order valence-corrected chi connectivity index (χ2v) is 7.28. The summed E-state index contributed by atoms with van der Waals surface area (Å²) in [5, 5.41) is 3.09. The van der Waals surface area contributed by atoms with Gasteiger partial charge in [-0.2, -0.15) is 0 Å². The fourth-order valence-corrected chi connectivity index (χ4v) is 2.92. The predicted molar refractivity (Wildman–Crippen MR) is 86.9 cm³/mol. The molecule has 1 rings (SSSR count). The fourth-order valence-electron chi connectivity index (χ4n) is 2.48. The highest BCUT2D eigenvalue weighted by Gasteiger charge is 2.27. The Bertz CT molecular complexity index is 468. The van der Waals surface area contributed by atoms with E-state index in [0.29, 0.717) is 18.2 Å². The number of halogens is 1. The van der Waals surface area contributed by atoms with Crippen molar-refractivity contribution in [3.63, 3.8) is 0 Å². The Morgan fingerprint density at radius 3 is 2.50 bits per heavy atom. The number of hydrogen-bond acceptors (Lipinski definition) is 2. The van der Waals surface area contributed by atoms with Crippen LogP contribution in [0.2, 0.25) is 0 Å². The Kier molecular flexibility index (Phi) is 5.83. The van der Waals surface area contributed by atoms with Crippen LogP contribution in [0, 0.1) is 5.92 Å². The minimum atomic E-state index is -0.371. The van der Waals surface area contributed by atoms with Gasteiger partial charge in [0.1, 0.15) is 5.69 Å². The van der Waals surface area contributed by atoms with Crippen molar-refractivity contribution in [1.29, 1.82) is 0 Å². The van der Waals surface area contributed by atoms with Gasteiger partial charge in [0.2, 0.25) is 0 Å². The van der Waals surface area contributed by atoms with E-state index in [1.807, 2.05) is 23.8 Å². The minimum Gasteiger partial charge on any atom is -0.344 e. The molecule has 1 amide bonds. The quantitative estimate of drug-likeness (QED) is 0.832. The third kappa shape index (κ3) is 4.35. The molecule has 20 heavy (non-hydrogen) atoms. The summed E-state index contributed by atoms with van der Waals surface area (Å²) in [7, 11) is 0. The lowest BCUT2D eigenvalue weighted by atomic mass is 9.90. The number of nitrogens with one attached hydrogen (secondary N) is 1. The number of carbonyl (C=O) groups excluding carboxylic acids is 1. The SMILES string of the molecule is CC(C)C[C@@](C)(CN)NC(=O)c1cc(Br)cn1C(C)C. The van der Waals surface area contributed by atoms with Gasteiger partial charge in [-0.15, -0.1) is 0 Å². The van der Waals surface area contributed by atoms with Crippen LogP contribution in [0.3, 0.4) is 0 Å². The van der Waals surface area contributed by atoms with Crippen LogP contribution in [-0.2, 0) is 0 Å². The van der Waals surface area contributed by atoms with Crippen LogP contribution in [0.1, 0.15) is 57.6 Å². The Labute approximate surface area is 130 Å². The molecule has 0 saturated heterocycles. The number of rotatable bonds is 6. The van der Waals surface area contributed by atoms with Crippen molar-refractivity contribution in [3.8, 4) is 0 Å². The van der Waals surface area contributed by atoms with Crippen molar-refractivity contribution in [1.82, 2.24) is 9.88 Å². The van der Waals surface area contributed by atoms with Gasteiger partial charge in [0, 0.05) is 23.3 Å². The molecule has 0 saturated carbocycles. The summed E-state index contributed by atoms with van der Waals surface area (Å²) < 4.78 is 2.88. The van der Waals surface area contributed by atoms with E-state index in [1.165, 1.54) is 0 Å². The lowest BCUT2D eigenvalue weighted by Gasteiger charge is -2.31. The molecule has 0 aliphatic rings. The summed E-state index contributed by atoms with van der Waals surface area (Å²) in [6, 6.07) is 2.08. The molecule has 3 N–H and O–H groups in total. The smallest absolute Gasteiger partial charge is 0.268 e. The lowest BCUT2D eigenvalue weighted by molar-refractivity contribution is 0.0887. The number of carbonyl (C=O) groups is 1.